The predicted molar refractivity (Wildman–Crippen MR) is 94.5 cm³/mol. The lowest BCUT2D eigenvalue weighted by molar-refractivity contribution is 0.105. The molecule has 2 rings (SSSR count). The molecule has 0 saturated carbocycles. The number of carbonyl (C=O) groups excluding carboxylic acids is 1. The molecule has 7 nitrogen and oxygen atoms in total. The lowest BCUT2D eigenvalue weighted by Gasteiger charge is -2.17. The molecule has 0 fully saturated rings. The van der Waals surface area contributed by atoms with Gasteiger partial charge in [-0.05, 0) is 30.3 Å². The third kappa shape index (κ3) is 5.52. The molecule has 2 amide bonds. The van der Waals surface area contributed by atoms with E-state index in [1.807, 2.05) is 0 Å². The van der Waals surface area contributed by atoms with Gasteiger partial charge in [0.25, 0.3) is 0 Å². The normalized spacial score (nSPS) is 11.4. The number of nitrogens with one attached hydrogen (secondary N) is 2. The van der Waals surface area contributed by atoms with Crippen LogP contribution in [-0.4, -0.2) is 44.6 Å². The number of aliphatic hydroxyl groups is 1. The molecule has 8 heteroatoms. The van der Waals surface area contributed by atoms with Crippen molar-refractivity contribution in [1.82, 2.24) is 5.32 Å². The molecule has 0 saturated heterocycles. The standard InChI is InChI=1S/C18H21FN2O5/c1-24-15-7-4-8-16(25-2)17(15)26-11-14(22)10-20-18(23)21-13-6-3-5-12(19)9-13/h3-9,14,22H,10-11H2,1-2H3,(H2,20,21,23)/t14-/m0/s1. The van der Waals surface area contributed by atoms with Crippen molar-refractivity contribution in [2.24, 2.45) is 0 Å². The average Bonchev–Trinajstić information content (AvgIpc) is 2.64. The largest absolute Gasteiger partial charge is 0.493 e. The van der Waals surface area contributed by atoms with E-state index in [2.05, 4.69) is 10.6 Å². The van der Waals surface area contributed by atoms with Crippen LogP contribution in [0.25, 0.3) is 0 Å². The topological polar surface area (TPSA) is 89.1 Å². The summed E-state index contributed by atoms with van der Waals surface area (Å²) in [5, 5.41) is 14.9. The molecule has 0 unspecified atom stereocenters. The Bertz CT molecular complexity index is 719. The Balaban J connectivity index is 1.82. The molecular weight excluding hydrogens is 343 g/mol. The number of para-hydroxylation sites is 1. The number of carbonyl (C=O) groups is 1. The molecule has 0 aliphatic carbocycles. The minimum absolute atomic E-state index is 0.0569. The Morgan fingerprint density at radius 3 is 2.42 bits per heavy atom. The van der Waals surface area contributed by atoms with Gasteiger partial charge in [0.15, 0.2) is 11.5 Å². The summed E-state index contributed by atoms with van der Waals surface area (Å²) in [5.74, 6) is 0.837. The summed E-state index contributed by atoms with van der Waals surface area (Å²) in [5.41, 5.74) is 0.312. The van der Waals surface area contributed by atoms with Crippen LogP contribution in [-0.2, 0) is 0 Å². The van der Waals surface area contributed by atoms with Crippen LogP contribution in [0.5, 0.6) is 17.2 Å². The fourth-order valence-electron chi connectivity index (χ4n) is 2.15. The molecular formula is C18H21FN2O5. The number of anilines is 1. The van der Waals surface area contributed by atoms with Crippen LogP contribution in [0, 0.1) is 5.82 Å². The maximum Gasteiger partial charge on any atom is 0.319 e. The Labute approximate surface area is 150 Å². The van der Waals surface area contributed by atoms with E-state index in [1.54, 1.807) is 24.3 Å². The van der Waals surface area contributed by atoms with Crippen LogP contribution in [0.4, 0.5) is 14.9 Å². The maximum absolute atomic E-state index is 13.1. The van der Waals surface area contributed by atoms with Gasteiger partial charge in [0.1, 0.15) is 18.5 Å². The van der Waals surface area contributed by atoms with E-state index < -0.39 is 18.0 Å². The molecule has 0 aliphatic rings. The number of urea groups is 1. The van der Waals surface area contributed by atoms with Gasteiger partial charge in [-0.1, -0.05) is 12.1 Å². The maximum atomic E-state index is 13.1. The van der Waals surface area contributed by atoms with E-state index in [0.29, 0.717) is 22.9 Å². The van der Waals surface area contributed by atoms with Crippen molar-refractivity contribution in [2.75, 3.05) is 32.7 Å². The fraction of sp³-hybridized carbons (Fsp3) is 0.278. The monoisotopic (exact) mass is 364 g/mol. The van der Waals surface area contributed by atoms with Crippen LogP contribution in [0.15, 0.2) is 42.5 Å². The van der Waals surface area contributed by atoms with Crippen molar-refractivity contribution in [3.8, 4) is 17.2 Å². The van der Waals surface area contributed by atoms with Gasteiger partial charge in [-0.25, -0.2) is 9.18 Å². The summed E-state index contributed by atoms with van der Waals surface area (Å²) in [4.78, 5) is 11.8. The first-order chi connectivity index (χ1) is 12.5. The zero-order chi connectivity index (χ0) is 18.9. The molecule has 0 bridgehead atoms. The highest BCUT2D eigenvalue weighted by Crippen LogP contribution is 2.36. The Morgan fingerprint density at radius 1 is 1.15 bits per heavy atom. The van der Waals surface area contributed by atoms with Gasteiger partial charge >= 0.3 is 6.03 Å². The number of aliphatic hydroxyl groups excluding tert-OH is 1. The number of ether oxygens (including phenoxy) is 3. The summed E-state index contributed by atoms with van der Waals surface area (Å²) >= 11 is 0. The molecule has 0 radical (unpaired) electrons. The average molecular weight is 364 g/mol. The third-order valence-corrected chi connectivity index (χ3v) is 3.38. The molecule has 26 heavy (non-hydrogen) atoms. The van der Waals surface area contributed by atoms with Gasteiger partial charge < -0.3 is 30.0 Å². The van der Waals surface area contributed by atoms with E-state index in [0.717, 1.165) is 0 Å². The van der Waals surface area contributed by atoms with E-state index in [1.165, 1.54) is 32.4 Å². The molecule has 140 valence electrons. The number of benzene rings is 2. The second kappa shape index (κ2) is 9.47. The zero-order valence-corrected chi connectivity index (χ0v) is 14.5. The lowest BCUT2D eigenvalue weighted by Crippen LogP contribution is -2.37. The molecule has 2 aromatic carbocycles. The minimum Gasteiger partial charge on any atom is -0.493 e. The lowest BCUT2D eigenvalue weighted by atomic mass is 10.3. The molecule has 2 aromatic rings. The quantitative estimate of drug-likeness (QED) is 0.669. The van der Waals surface area contributed by atoms with Crippen molar-refractivity contribution in [1.29, 1.82) is 0 Å². The Hall–Kier alpha value is -3.00. The van der Waals surface area contributed by atoms with E-state index in [9.17, 15) is 14.3 Å². The van der Waals surface area contributed by atoms with Crippen molar-refractivity contribution < 1.29 is 28.5 Å². The van der Waals surface area contributed by atoms with Gasteiger partial charge in [-0.2, -0.15) is 0 Å². The summed E-state index contributed by atoms with van der Waals surface area (Å²) in [6.45, 7) is -0.143. The van der Waals surface area contributed by atoms with Gasteiger partial charge in [0, 0.05) is 12.2 Å². The van der Waals surface area contributed by atoms with Crippen LogP contribution < -0.4 is 24.8 Å². The number of hydrogen-bond acceptors (Lipinski definition) is 5. The molecule has 3 N–H and O–H groups in total. The third-order valence-electron chi connectivity index (χ3n) is 3.38. The highest BCUT2D eigenvalue weighted by Gasteiger charge is 2.14. The first kappa shape index (κ1) is 19.3. The minimum atomic E-state index is -0.970. The van der Waals surface area contributed by atoms with Gasteiger partial charge in [0.2, 0.25) is 5.75 Å². The van der Waals surface area contributed by atoms with Crippen molar-refractivity contribution in [3.05, 3.63) is 48.3 Å². The van der Waals surface area contributed by atoms with Crippen molar-refractivity contribution in [3.63, 3.8) is 0 Å². The zero-order valence-electron chi connectivity index (χ0n) is 14.5. The number of amides is 2. The van der Waals surface area contributed by atoms with E-state index in [4.69, 9.17) is 14.2 Å². The van der Waals surface area contributed by atoms with Crippen LogP contribution in [0.3, 0.4) is 0 Å². The van der Waals surface area contributed by atoms with Crippen molar-refractivity contribution in [2.45, 2.75) is 6.10 Å². The molecule has 0 heterocycles. The summed E-state index contributed by atoms with van der Waals surface area (Å²) in [6.07, 6.45) is -0.970. The molecule has 0 spiro atoms. The molecule has 0 aromatic heterocycles. The van der Waals surface area contributed by atoms with Gasteiger partial charge in [-0.15, -0.1) is 0 Å². The summed E-state index contributed by atoms with van der Waals surface area (Å²) < 4.78 is 29.0. The number of hydrogen-bond donors (Lipinski definition) is 3. The Kier molecular flexibility index (Phi) is 7.04. The predicted octanol–water partition coefficient (Wildman–Crippen LogP) is 2.40. The summed E-state index contributed by atoms with van der Waals surface area (Å²) in [7, 11) is 2.99. The second-order valence-electron chi connectivity index (χ2n) is 5.30. The van der Waals surface area contributed by atoms with Gasteiger partial charge in [0.05, 0.1) is 14.2 Å². The van der Waals surface area contributed by atoms with Crippen molar-refractivity contribution >= 4 is 11.7 Å². The first-order valence-electron chi connectivity index (χ1n) is 7.85. The fourth-order valence-corrected chi connectivity index (χ4v) is 2.15. The Morgan fingerprint density at radius 2 is 1.81 bits per heavy atom. The van der Waals surface area contributed by atoms with E-state index in [-0.39, 0.29) is 13.2 Å². The van der Waals surface area contributed by atoms with Crippen LogP contribution in [0.1, 0.15) is 0 Å². The number of rotatable bonds is 8. The number of halogens is 1. The van der Waals surface area contributed by atoms with Crippen LogP contribution >= 0.6 is 0 Å². The van der Waals surface area contributed by atoms with Crippen LogP contribution in [0.2, 0.25) is 0 Å². The summed E-state index contributed by atoms with van der Waals surface area (Å²) in [6, 6.07) is 10.1. The smallest absolute Gasteiger partial charge is 0.319 e. The first-order valence-corrected chi connectivity index (χ1v) is 7.85. The van der Waals surface area contributed by atoms with Gasteiger partial charge in [-0.3, -0.25) is 0 Å². The highest BCUT2D eigenvalue weighted by molar-refractivity contribution is 5.89. The highest BCUT2D eigenvalue weighted by atomic mass is 19.1. The molecule has 1 atom stereocenters. The SMILES string of the molecule is COc1cccc(OC)c1OC[C@@H](O)CNC(=O)Nc1cccc(F)c1. The number of methoxy groups -OCH3 is 2. The molecule has 0 aliphatic heterocycles. The van der Waals surface area contributed by atoms with E-state index >= 15 is 0 Å². The second-order valence-corrected chi connectivity index (χ2v) is 5.30.